The number of amides is 1. The Kier molecular flexibility index (Phi) is 5.23. The fourth-order valence-corrected chi connectivity index (χ4v) is 4.54. The van der Waals surface area contributed by atoms with Crippen LogP contribution in [0.15, 0.2) is 4.34 Å². The highest BCUT2D eigenvalue weighted by molar-refractivity contribution is 8.01. The zero-order chi connectivity index (χ0) is 15.5. The molecule has 1 aromatic heterocycles. The van der Waals surface area contributed by atoms with Gasteiger partial charge in [0.25, 0.3) is 0 Å². The van der Waals surface area contributed by atoms with Gasteiger partial charge >= 0.3 is 0 Å². The van der Waals surface area contributed by atoms with Crippen LogP contribution in [0.25, 0.3) is 0 Å². The SMILES string of the molecule is CC1CCC(N(C)C(=O)CSc2nnc(NC3CC3)s2)CC1. The minimum atomic E-state index is 0.205. The summed E-state index contributed by atoms with van der Waals surface area (Å²) in [4.78, 5) is 14.3. The maximum Gasteiger partial charge on any atom is 0.233 e. The molecular weight excluding hydrogens is 316 g/mol. The Labute approximate surface area is 140 Å². The van der Waals surface area contributed by atoms with E-state index in [1.165, 1.54) is 37.4 Å². The van der Waals surface area contributed by atoms with E-state index in [1.54, 1.807) is 11.3 Å². The summed E-state index contributed by atoms with van der Waals surface area (Å²) in [5, 5.41) is 12.5. The van der Waals surface area contributed by atoms with Crippen LogP contribution in [-0.4, -0.2) is 45.9 Å². The van der Waals surface area contributed by atoms with E-state index in [0.29, 0.717) is 17.8 Å². The molecule has 0 spiro atoms. The molecule has 2 saturated carbocycles. The lowest BCUT2D eigenvalue weighted by Crippen LogP contribution is -2.40. The van der Waals surface area contributed by atoms with E-state index in [9.17, 15) is 4.79 Å². The maximum absolute atomic E-state index is 12.3. The first-order valence-electron chi connectivity index (χ1n) is 8.10. The number of carbonyl (C=O) groups is 1. The number of hydrogen-bond donors (Lipinski definition) is 1. The van der Waals surface area contributed by atoms with Gasteiger partial charge in [0.1, 0.15) is 0 Å². The van der Waals surface area contributed by atoms with Crippen molar-refractivity contribution in [2.45, 2.75) is 61.9 Å². The van der Waals surface area contributed by atoms with Crippen molar-refractivity contribution >= 4 is 34.1 Å². The van der Waals surface area contributed by atoms with Crippen molar-refractivity contribution in [2.24, 2.45) is 5.92 Å². The van der Waals surface area contributed by atoms with Crippen LogP contribution < -0.4 is 5.32 Å². The fraction of sp³-hybridized carbons (Fsp3) is 0.800. The van der Waals surface area contributed by atoms with E-state index in [1.807, 2.05) is 11.9 Å². The van der Waals surface area contributed by atoms with Gasteiger partial charge in [-0.15, -0.1) is 10.2 Å². The Morgan fingerprint density at radius 2 is 2.00 bits per heavy atom. The van der Waals surface area contributed by atoms with Crippen molar-refractivity contribution in [1.29, 1.82) is 0 Å². The van der Waals surface area contributed by atoms with Crippen LogP contribution in [0.5, 0.6) is 0 Å². The molecule has 2 aliphatic carbocycles. The average molecular weight is 341 g/mol. The Morgan fingerprint density at radius 3 is 2.68 bits per heavy atom. The van der Waals surface area contributed by atoms with Crippen molar-refractivity contribution in [3.05, 3.63) is 0 Å². The molecule has 0 atom stereocenters. The molecule has 0 unspecified atom stereocenters. The highest BCUT2D eigenvalue weighted by Gasteiger charge is 2.25. The van der Waals surface area contributed by atoms with Crippen molar-refractivity contribution in [3.8, 4) is 0 Å². The molecular formula is C15H24N4OS2. The fourth-order valence-electron chi connectivity index (χ4n) is 2.79. The molecule has 2 fully saturated rings. The Balaban J connectivity index is 1.43. The van der Waals surface area contributed by atoms with Gasteiger partial charge in [0, 0.05) is 19.1 Å². The highest BCUT2D eigenvalue weighted by atomic mass is 32.2. The number of rotatable bonds is 6. The minimum Gasteiger partial charge on any atom is -0.357 e. The quantitative estimate of drug-likeness (QED) is 0.806. The van der Waals surface area contributed by atoms with E-state index < -0.39 is 0 Å². The van der Waals surface area contributed by atoms with Crippen molar-refractivity contribution in [1.82, 2.24) is 15.1 Å². The van der Waals surface area contributed by atoms with E-state index >= 15 is 0 Å². The van der Waals surface area contributed by atoms with Crippen LogP contribution >= 0.6 is 23.1 Å². The molecule has 0 aliphatic heterocycles. The zero-order valence-electron chi connectivity index (χ0n) is 13.2. The van der Waals surface area contributed by atoms with Gasteiger partial charge in [0.15, 0.2) is 4.34 Å². The number of hydrogen-bond acceptors (Lipinski definition) is 6. The van der Waals surface area contributed by atoms with Crippen LogP contribution in [0.2, 0.25) is 0 Å². The Morgan fingerprint density at radius 1 is 1.27 bits per heavy atom. The van der Waals surface area contributed by atoms with E-state index in [2.05, 4.69) is 22.4 Å². The smallest absolute Gasteiger partial charge is 0.233 e. The van der Waals surface area contributed by atoms with Crippen molar-refractivity contribution in [2.75, 3.05) is 18.1 Å². The number of carbonyl (C=O) groups excluding carboxylic acids is 1. The maximum atomic E-state index is 12.3. The van der Waals surface area contributed by atoms with Crippen molar-refractivity contribution < 1.29 is 4.79 Å². The molecule has 3 rings (SSSR count). The minimum absolute atomic E-state index is 0.205. The lowest BCUT2D eigenvalue weighted by molar-refractivity contribution is -0.129. The monoisotopic (exact) mass is 340 g/mol. The van der Waals surface area contributed by atoms with Crippen LogP contribution in [0.1, 0.15) is 45.4 Å². The van der Waals surface area contributed by atoms with Crippen LogP contribution in [0.4, 0.5) is 5.13 Å². The topological polar surface area (TPSA) is 58.1 Å². The van der Waals surface area contributed by atoms with Gasteiger partial charge in [0.2, 0.25) is 11.0 Å². The second-order valence-corrected chi connectivity index (χ2v) is 8.70. The summed E-state index contributed by atoms with van der Waals surface area (Å²) in [6.45, 7) is 2.30. The first kappa shape index (κ1) is 16.1. The third kappa shape index (κ3) is 4.35. The number of nitrogens with one attached hydrogen (secondary N) is 1. The molecule has 7 heteroatoms. The molecule has 122 valence electrons. The van der Waals surface area contributed by atoms with Gasteiger partial charge in [-0.3, -0.25) is 4.79 Å². The molecule has 0 bridgehead atoms. The number of anilines is 1. The number of nitrogens with zero attached hydrogens (tertiary/aromatic N) is 3. The molecule has 5 nitrogen and oxygen atoms in total. The summed E-state index contributed by atoms with van der Waals surface area (Å²) in [6.07, 6.45) is 7.21. The third-order valence-corrected chi connectivity index (χ3v) is 6.53. The van der Waals surface area contributed by atoms with Gasteiger partial charge in [0.05, 0.1) is 5.75 Å². The first-order chi connectivity index (χ1) is 10.6. The van der Waals surface area contributed by atoms with Gasteiger partial charge in [-0.2, -0.15) is 0 Å². The lowest BCUT2D eigenvalue weighted by Gasteiger charge is -2.33. The number of thioether (sulfide) groups is 1. The van der Waals surface area contributed by atoms with E-state index in [0.717, 1.165) is 28.2 Å². The summed E-state index contributed by atoms with van der Waals surface area (Å²) >= 11 is 3.05. The molecule has 1 aromatic rings. The van der Waals surface area contributed by atoms with Gasteiger partial charge < -0.3 is 10.2 Å². The largest absolute Gasteiger partial charge is 0.357 e. The molecule has 0 saturated heterocycles. The third-order valence-electron chi connectivity index (χ3n) is 4.56. The van der Waals surface area contributed by atoms with Crippen LogP contribution in [-0.2, 0) is 4.79 Å². The standard InChI is InChI=1S/C15H24N4OS2/c1-10-3-7-12(8-4-10)19(2)13(20)9-21-15-18-17-14(22-15)16-11-5-6-11/h10-12H,3-9H2,1-2H3,(H,16,17). The van der Waals surface area contributed by atoms with Gasteiger partial charge in [-0.05, 0) is 44.4 Å². The highest BCUT2D eigenvalue weighted by Crippen LogP contribution is 2.31. The predicted octanol–water partition coefficient (Wildman–Crippen LogP) is 3.24. The molecule has 0 radical (unpaired) electrons. The van der Waals surface area contributed by atoms with E-state index in [4.69, 9.17) is 0 Å². The number of aromatic nitrogens is 2. The molecule has 1 heterocycles. The Bertz CT molecular complexity index is 509. The van der Waals surface area contributed by atoms with Crippen LogP contribution in [0, 0.1) is 5.92 Å². The summed E-state index contributed by atoms with van der Waals surface area (Å²) in [7, 11) is 1.95. The zero-order valence-corrected chi connectivity index (χ0v) is 14.9. The normalized spacial score (nSPS) is 25.0. The summed E-state index contributed by atoms with van der Waals surface area (Å²) < 4.78 is 0.877. The summed E-state index contributed by atoms with van der Waals surface area (Å²) in [5.41, 5.74) is 0. The molecule has 0 aromatic carbocycles. The second kappa shape index (κ2) is 7.17. The first-order valence-corrected chi connectivity index (χ1v) is 9.90. The summed E-state index contributed by atoms with van der Waals surface area (Å²) in [6, 6.07) is 1.01. The Hall–Kier alpha value is -0.820. The second-order valence-electron chi connectivity index (χ2n) is 6.50. The average Bonchev–Trinajstić information content (AvgIpc) is 3.22. The summed E-state index contributed by atoms with van der Waals surface area (Å²) in [5.74, 6) is 1.48. The predicted molar refractivity (Wildman–Crippen MR) is 91.5 cm³/mol. The molecule has 2 aliphatic rings. The van der Waals surface area contributed by atoms with Crippen LogP contribution in [0.3, 0.4) is 0 Å². The lowest BCUT2D eigenvalue weighted by atomic mass is 9.87. The van der Waals surface area contributed by atoms with Gasteiger partial charge in [-0.25, -0.2) is 0 Å². The molecule has 22 heavy (non-hydrogen) atoms. The van der Waals surface area contributed by atoms with Gasteiger partial charge in [-0.1, -0.05) is 30.0 Å². The van der Waals surface area contributed by atoms with E-state index in [-0.39, 0.29) is 5.91 Å². The molecule has 1 amide bonds. The molecule has 1 N–H and O–H groups in total. The van der Waals surface area contributed by atoms with Crippen molar-refractivity contribution in [3.63, 3.8) is 0 Å².